The number of amides is 3. The van der Waals surface area contributed by atoms with E-state index in [1.807, 2.05) is 21.7 Å². The molecule has 0 saturated carbocycles. The lowest BCUT2D eigenvalue weighted by atomic mass is 9.98. The quantitative estimate of drug-likeness (QED) is 0.805. The molecular formula is C18H23N3O2S. The molecule has 3 amide bonds. The maximum absolute atomic E-state index is 13.0. The number of thiophene rings is 1. The SMILES string of the molecule is C=CCN1C(=O)N[C@H](c2ccsc2)C2=C1CN(CCC(C)C)C2=O. The van der Waals surface area contributed by atoms with Crippen molar-refractivity contribution >= 4 is 23.3 Å². The van der Waals surface area contributed by atoms with Crippen molar-refractivity contribution < 1.29 is 9.59 Å². The highest BCUT2D eigenvalue weighted by Crippen LogP contribution is 2.36. The number of hydrogen-bond donors (Lipinski definition) is 1. The van der Waals surface area contributed by atoms with E-state index in [2.05, 4.69) is 25.7 Å². The van der Waals surface area contributed by atoms with Crippen molar-refractivity contribution in [1.82, 2.24) is 15.1 Å². The predicted octanol–water partition coefficient (Wildman–Crippen LogP) is 3.14. The number of nitrogens with zero attached hydrogens (tertiary/aromatic N) is 2. The van der Waals surface area contributed by atoms with Crippen molar-refractivity contribution in [2.45, 2.75) is 26.3 Å². The summed E-state index contributed by atoms with van der Waals surface area (Å²) in [5.74, 6) is 0.572. The second kappa shape index (κ2) is 6.81. The lowest BCUT2D eigenvalue weighted by Crippen LogP contribution is -2.47. The third kappa shape index (κ3) is 2.98. The summed E-state index contributed by atoms with van der Waals surface area (Å²) >= 11 is 1.57. The van der Waals surface area contributed by atoms with Crippen LogP contribution in [-0.2, 0) is 4.79 Å². The Morgan fingerprint density at radius 1 is 1.46 bits per heavy atom. The van der Waals surface area contributed by atoms with Gasteiger partial charge in [-0.3, -0.25) is 9.69 Å². The third-order valence-electron chi connectivity index (χ3n) is 4.46. The molecule has 0 radical (unpaired) electrons. The Morgan fingerprint density at radius 2 is 2.25 bits per heavy atom. The van der Waals surface area contributed by atoms with Crippen LogP contribution < -0.4 is 5.32 Å². The van der Waals surface area contributed by atoms with E-state index in [0.717, 1.165) is 24.2 Å². The van der Waals surface area contributed by atoms with E-state index in [1.165, 1.54) is 0 Å². The Kier molecular flexibility index (Phi) is 4.76. The van der Waals surface area contributed by atoms with Gasteiger partial charge in [-0.25, -0.2) is 4.79 Å². The molecule has 2 aliphatic heterocycles. The molecular weight excluding hydrogens is 322 g/mol. The van der Waals surface area contributed by atoms with Gasteiger partial charge in [-0.15, -0.1) is 6.58 Å². The Balaban J connectivity index is 1.94. The molecule has 3 rings (SSSR count). The standard InChI is InChI=1S/C18H23N3O2S/c1-4-7-21-14-10-20(8-5-12(2)3)17(22)15(14)16(19-18(21)23)13-6-9-24-11-13/h4,6,9,11-12,16H,1,5,7-8,10H2,2-3H3,(H,19,23)/t16-/m1/s1. The summed E-state index contributed by atoms with van der Waals surface area (Å²) in [4.78, 5) is 29.0. The van der Waals surface area contributed by atoms with Gasteiger partial charge >= 0.3 is 6.03 Å². The van der Waals surface area contributed by atoms with Gasteiger partial charge in [0.2, 0.25) is 0 Å². The van der Waals surface area contributed by atoms with Crippen molar-refractivity contribution in [2.75, 3.05) is 19.6 Å². The lowest BCUT2D eigenvalue weighted by Gasteiger charge is -2.32. The van der Waals surface area contributed by atoms with Crippen LogP contribution in [0.2, 0.25) is 0 Å². The first-order valence-electron chi connectivity index (χ1n) is 8.26. The fraction of sp³-hybridized carbons (Fsp3) is 0.444. The summed E-state index contributed by atoms with van der Waals surface area (Å²) in [5.41, 5.74) is 2.50. The molecule has 1 aromatic heterocycles. The molecule has 0 unspecified atom stereocenters. The smallest absolute Gasteiger partial charge is 0.322 e. The molecule has 5 nitrogen and oxygen atoms in total. The van der Waals surface area contributed by atoms with E-state index < -0.39 is 0 Å². The fourth-order valence-corrected chi connectivity index (χ4v) is 3.84. The molecule has 0 aromatic carbocycles. The van der Waals surface area contributed by atoms with Gasteiger partial charge in [-0.2, -0.15) is 11.3 Å². The largest absolute Gasteiger partial charge is 0.333 e. The highest BCUT2D eigenvalue weighted by atomic mass is 32.1. The summed E-state index contributed by atoms with van der Waals surface area (Å²) < 4.78 is 0. The van der Waals surface area contributed by atoms with Gasteiger partial charge in [0.1, 0.15) is 0 Å². The molecule has 1 aromatic rings. The number of nitrogens with one attached hydrogen (secondary N) is 1. The Morgan fingerprint density at radius 3 is 2.88 bits per heavy atom. The summed E-state index contributed by atoms with van der Waals surface area (Å²) in [5, 5.41) is 6.94. The molecule has 0 bridgehead atoms. The van der Waals surface area contributed by atoms with Gasteiger partial charge in [-0.05, 0) is 34.7 Å². The van der Waals surface area contributed by atoms with Crippen LogP contribution in [0.25, 0.3) is 0 Å². The monoisotopic (exact) mass is 345 g/mol. The van der Waals surface area contributed by atoms with Crippen molar-refractivity contribution in [2.24, 2.45) is 5.92 Å². The second-order valence-electron chi connectivity index (χ2n) is 6.61. The number of hydrogen-bond acceptors (Lipinski definition) is 3. The van der Waals surface area contributed by atoms with Crippen molar-refractivity contribution in [1.29, 1.82) is 0 Å². The number of carbonyl (C=O) groups excluding carboxylic acids is 2. The number of urea groups is 1. The summed E-state index contributed by atoms with van der Waals surface area (Å²) in [6.45, 7) is 9.66. The minimum Gasteiger partial charge on any atom is -0.333 e. The normalized spacial score (nSPS) is 20.7. The van der Waals surface area contributed by atoms with Crippen LogP contribution >= 0.6 is 11.3 Å². The van der Waals surface area contributed by atoms with Crippen LogP contribution in [0.3, 0.4) is 0 Å². The summed E-state index contributed by atoms with van der Waals surface area (Å²) in [6, 6.07) is 1.45. The topological polar surface area (TPSA) is 52.7 Å². The summed E-state index contributed by atoms with van der Waals surface area (Å²) in [6.07, 6.45) is 2.65. The van der Waals surface area contributed by atoms with Gasteiger partial charge in [-0.1, -0.05) is 19.9 Å². The van der Waals surface area contributed by atoms with Gasteiger partial charge in [0.15, 0.2) is 0 Å². The Bertz CT molecular complexity index is 678. The molecule has 0 aliphatic carbocycles. The second-order valence-corrected chi connectivity index (χ2v) is 7.39. The van der Waals surface area contributed by atoms with Gasteiger partial charge in [0.25, 0.3) is 5.91 Å². The molecule has 0 fully saturated rings. The minimum atomic E-state index is -0.351. The molecule has 0 spiro atoms. The van der Waals surface area contributed by atoms with Crippen LogP contribution in [-0.4, -0.2) is 41.4 Å². The third-order valence-corrected chi connectivity index (χ3v) is 5.16. The highest BCUT2D eigenvalue weighted by Gasteiger charge is 2.43. The van der Waals surface area contributed by atoms with E-state index in [0.29, 0.717) is 24.6 Å². The van der Waals surface area contributed by atoms with Crippen LogP contribution in [0.4, 0.5) is 4.79 Å². The molecule has 24 heavy (non-hydrogen) atoms. The van der Waals surface area contributed by atoms with E-state index in [1.54, 1.807) is 22.3 Å². The van der Waals surface area contributed by atoms with Crippen molar-refractivity contribution in [3.05, 3.63) is 46.3 Å². The Labute approximate surface area is 146 Å². The lowest BCUT2D eigenvalue weighted by molar-refractivity contribution is -0.125. The van der Waals surface area contributed by atoms with Crippen LogP contribution in [0, 0.1) is 5.92 Å². The van der Waals surface area contributed by atoms with Crippen LogP contribution in [0.1, 0.15) is 31.9 Å². The van der Waals surface area contributed by atoms with Gasteiger partial charge in [0.05, 0.1) is 23.9 Å². The maximum Gasteiger partial charge on any atom is 0.322 e. The summed E-state index contributed by atoms with van der Waals surface area (Å²) in [7, 11) is 0. The van der Waals surface area contributed by atoms with Crippen molar-refractivity contribution in [3.63, 3.8) is 0 Å². The average Bonchev–Trinajstić information content (AvgIpc) is 3.17. The first kappa shape index (κ1) is 16.8. The zero-order chi connectivity index (χ0) is 17.3. The van der Waals surface area contributed by atoms with E-state index in [-0.39, 0.29) is 18.0 Å². The van der Waals surface area contributed by atoms with Gasteiger partial charge in [0, 0.05) is 13.1 Å². The molecule has 128 valence electrons. The van der Waals surface area contributed by atoms with E-state index in [4.69, 9.17) is 0 Å². The van der Waals surface area contributed by atoms with Crippen LogP contribution in [0.15, 0.2) is 40.8 Å². The zero-order valence-electron chi connectivity index (χ0n) is 14.1. The number of carbonyl (C=O) groups is 2. The maximum atomic E-state index is 13.0. The Hall–Kier alpha value is -2.08. The molecule has 0 saturated heterocycles. The molecule has 1 N–H and O–H groups in total. The first-order chi connectivity index (χ1) is 11.5. The van der Waals surface area contributed by atoms with Crippen molar-refractivity contribution in [3.8, 4) is 0 Å². The van der Waals surface area contributed by atoms with E-state index in [9.17, 15) is 9.59 Å². The fourth-order valence-electron chi connectivity index (χ4n) is 3.15. The first-order valence-corrected chi connectivity index (χ1v) is 9.20. The van der Waals surface area contributed by atoms with Gasteiger partial charge < -0.3 is 10.2 Å². The zero-order valence-corrected chi connectivity index (χ0v) is 14.9. The molecule has 6 heteroatoms. The molecule has 2 aliphatic rings. The van der Waals surface area contributed by atoms with E-state index >= 15 is 0 Å². The van der Waals surface area contributed by atoms with Crippen LogP contribution in [0.5, 0.6) is 0 Å². The highest BCUT2D eigenvalue weighted by molar-refractivity contribution is 7.08. The average molecular weight is 345 g/mol. The molecule has 1 atom stereocenters. The predicted molar refractivity (Wildman–Crippen MR) is 95.6 cm³/mol. The minimum absolute atomic E-state index is 0.0379. The molecule has 3 heterocycles. The number of rotatable bonds is 6.